The van der Waals surface area contributed by atoms with Crippen molar-refractivity contribution in [3.05, 3.63) is 54.1 Å². The highest BCUT2D eigenvalue weighted by Gasteiger charge is 2.27. The maximum atomic E-state index is 12.5. The van der Waals surface area contributed by atoms with Gasteiger partial charge in [0.05, 0.1) is 14.2 Å². The van der Waals surface area contributed by atoms with E-state index in [0.717, 1.165) is 0 Å². The van der Waals surface area contributed by atoms with Gasteiger partial charge in [-0.05, 0) is 24.6 Å². The van der Waals surface area contributed by atoms with Crippen molar-refractivity contribution < 1.29 is 23.0 Å². The minimum Gasteiger partial charge on any atom is -0.497 e. The number of methoxy groups -OCH3 is 2. The second-order valence-electron chi connectivity index (χ2n) is 5.48. The maximum absolute atomic E-state index is 12.5. The van der Waals surface area contributed by atoms with Crippen molar-refractivity contribution in [3.8, 4) is 11.5 Å². The number of sulfonamides is 1. The van der Waals surface area contributed by atoms with E-state index in [4.69, 9.17) is 9.47 Å². The van der Waals surface area contributed by atoms with Crippen LogP contribution < -0.4 is 14.2 Å². The third-order valence-corrected chi connectivity index (χ3v) is 5.10. The Morgan fingerprint density at radius 1 is 1.08 bits per heavy atom. The fourth-order valence-corrected chi connectivity index (χ4v) is 3.49. The van der Waals surface area contributed by atoms with Crippen LogP contribution in [0.5, 0.6) is 11.5 Å². The van der Waals surface area contributed by atoms with Crippen LogP contribution in [-0.2, 0) is 15.6 Å². The zero-order chi connectivity index (χ0) is 17.8. The molecule has 0 bridgehead atoms. The lowest BCUT2D eigenvalue weighted by molar-refractivity contribution is 0.0627. The highest BCUT2D eigenvalue weighted by atomic mass is 32.2. The number of ether oxygens (including phenoxy) is 2. The fourth-order valence-electron chi connectivity index (χ4n) is 2.21. The molecule has 2 aromatic rings. The molecule has 0 amide bonds. The third kappa shape index (κ3) is 4.05. The Morgan fingerprint density at radius 3 is 2.33 bits per heavy atom. The smallest absolute Gasteiger partial charge is 0.244 e. The molecule has 0 spiro atoms. The first-order valence-electron chi connectivity index (χ1n) is 7.30. The first-order chi connectivity index (χ1) is 11.3. The molecule has 0 heterocycles. The van der Waals surface area contributed by atoms with Crippen molar-refractivity contribution >= 4 is 10.0 Å². The molecule has 2 rings (SSSR count). The van der Waals surface area contributed by atoms with Crippen molar-refractivity contribution in [1.29, 1.82) is 0 Å². The Morgan fingerprint density at radius 2 is 1.75 bits per heavy atom. The fraction of sp³-hybridized carbons (Fsp3) is 0.294. The lowest BCUT2D eigenvalue weighted by Gasteiger charge is -2.24. The zero-order valence-electron chi connectivity index (χ0n) is 13.8. The second kappa shape index (κ2) is 7.21. The van der Waals surface area contributed by atoms with Gasteiger partial charge in [-0.2, -0.15) is 0 Å². The average molecular weight is 351 g/mol. The summed E-state index contributed by atoms with van der Waals surface area (Å²) in [6.07, 6.45) is 0. The van der Waals surface area contributed by atoms with Gasteiger partial charge in [0.15, 0.2) is 0 Å². The lowest BCUT2D eigenvalue weighted by atomic mass is 9.97. The average Bonchev–Trinajstić information content (AvgIpc) is 2.60. The van der Waals surface area contributed by atoms with E-state index in [9.17, 15) is 13.5 Å². The predicted octanol–water partition coefficient (Wildman–Crippen LogP) is 1.89. The van der Waals surface area contributed by atoms with Crippen molar-refractivity contribution in [3.63, 3.8) is 0 Å². The summed E-state index contributed by atoms with van der Waals surface area (Å²) in [7, 11) is -0.993. The molecule has 6 nitrogen and oxygen atoms in total. The SMILES string of the molecule is COc1ccc(S(=O)(=O)NCC(C)(O)c2ccccc2)c(OC)c1. The molecule has 0 saturated carbocycles. The summed E-state index contributed by atoms with van der Waals surface area (Å²) in [6.45, 7) is 1.38. The summed E-state index contributed by atoms with van der Waals surface area (Å²) in [5, 5.41) is 10.5. The molecule has 130 valence electrons. The van der Waals surface area contributed by atoms with Crippen molar-refractivity contribution in [2.45, 2.75) is 17.4 Å². The second-order valence-corrected chi connectivity index (χ2v) is 7.22. The summed E-state index contributed by atoms with van der Waals surface area (Å²) in [4.78, 5) is -0.0188. The summed E-state index contributed by atoms with van der Waals surface area (Å²) in [5.74, 6) is 0.656. The third-order valence-electron chi connectivity index (χ3n) is 3.66. The molecule has 0 aliphatic carbocycles. The first-order valence-corrected chi connectivity index (χ1v) is 8.78. The number of nitrogens with one attached hydrogen (secondary N) is 1. The molecule has 0 fully saturated rings. The van der Waals surface area contributed by atoms with E-state index in [0.29, 0.717) is 11.3 Å². The van der Waals surface area contributed by atoms with Crippen molar-refractivity contribution in [2.75, 3.05) is 20.8 Å². The summed E-state index contributed by atoms with van der Waals surface area (Å²) < 4.78 is 37.7. The largest absolute Gasteiger partial charge is 0.497 e. The molecule has 2 N–H and O–H groups in total. The van der Waals surface area contributed by atoms with Gasteiger partial charge in [-0.3, -0.25) is 0 Å². The van der Waals surface area contributed by atoms with E-state index in [2.05, 4.69) is 4.72 Å². The highest BCUT2D eigenvalue weighted by Crippen LogP contribution is 2.29. The Hall–Kier alpha value is -2.09. The molecule has 0 aromatic heterocycles. The van der Waals surface area contributed by atoms with E-state index in [1.807, 2.05) is 6.07 Å². The molecular formula is C17H21NO5S. The van der Waals surface area contributed by atoms with Gasteiger partial charge in [0.1, 0.15) is 22.0 Å². The van der Waals surface area contributed by atoms with Crippen LogP contribution in [0.15, 0.2) is 53.4 Å². The summed E-state index contributed by atoms with van der Waals surface area (Å²) in [6, 6.07) is 13.3. The molecule has 0 aliphatic heterocycles. The van der Waals surface area contributed by atoms with Crippen molar-refractivity contribution in [2.24, 2.45) is 0 Å². The van der Waals surface area contributed by atoms with Gasteiger partial charge in [-0.1, -0.05) is 30.3 Å². The molecule has 2 aromatic carbocycles. The van der Waals surface area contributed by atoms with Crippen LogP contribution >= 0.6 is 0 Å². The molecular weight excluding hydrogens is 330 g/mol. The monoisotopic (exact) mass is 351 g/mol. The van der Waals surface area contributed by atoms with Gasteiger partial charge < -0.3 is 14.6 Å². The van der Waals surface area contributed by atoms with Gasteiger partial charge in [0.25, 0.3) is 0 Å². The number of aliphatic hydroxyl groups is 1. The van der Waals surface area contributed by atoms with Crippen LogP contribution in [0, 0.1) is 0 Å². The lowest BCUT2D eigenvalue weighted by Crippen LogP contribution is -2.38. The van der Waals surface area contributed by atoms with E-state index in [1.54, 1.807) is 31.2 Å². The van der Waals surface area contributed by atoms with E-state index in [-0.39, 0.29) is 17.2 Å². The van der Waals surface area contributed by atoms with E-state index >= 15 is 0 Å². The van der Waals surface area contributed by atoms with Gasteiger partial charge >= 0.3 is 0 Å². The normalized spacial score (nSPS) is 14.0. The van der Waals surface area contributed by atoms with Gasteiger partial charge in [-0.25, -0.2) is 13.1 Å². The van der Waals surface area contributed by atoms with Crippen LogP contribution in [0.2, 0.25) is 0 Å². The highest BCUT2D eigenvalue weighted by molar-refractivity contribution is 7.89. The number of benzene rings is 2. The Labute approximate surface area is 142 Å². The zero-order valence-corrected chi connectivity index (χ0v) is 14.6. The quantitative estimate of drug-likeness (QED) is 0.796. The summed E-state index contributed by atoms with van der Waals surface area (Å²) in [5.41, 5.74) is -0.719. The maximum Gasteiger partial charge on any atom is 0.244 e. The predicted molar refractivity (Wildman–Crippen MR) is 90.7 cm³/mol. The van der Waals surface area contributed by atoms with Crippen LogP contribution in [0.4, 0.5) is 0 Å². The Kier molecular flexibility index (Phi) is 5.48. The first kappa shape index (κ1) is 18.3. The standard InChI is InChI=1S/C17H21NO5S/c1-17(19,13-7-5-4-6-8-13)12-18-24(20,21)16-10-9-14(22-2)11-15(16)23-3/h4-11,18-19H,12H2,1-3H3. The van der Waals surface area contributed by atoms with Crippen LogP contribution in [-0.4, -0.2) is 34.3 Å². The Bertz CT molecular complexity index is 788. The molecule has 24 heavy (non-hydrogen) atoms. The van der Waals surface area contributed by atoms with Crippen LogP contribution in [0.3, 0.4) is 0 Å². The molecule has 7 heteroatoms. The summed E-state index contributed by atoms with van der Waals surface area (Å²) >= 11 is 0. The van der Waals surface area contributed by atoms with E-state index < -0.39 is 15.6 Å². The molecule has 0 radical (unpaired) electrons. The topological polar surface area (TPSA) is 84.9 Å². The van der Waals surface area contributed by atoms with Crippen molar-refractivity contribution in [1.82, 2.24) is 4.72 Å². The minimum absolute atomic E-state index is 0.0188. The minimum atomic E-state index is -3.86. The van der Waals surface area contributed by atoms with Gasteiger partial charge in [-0.15, -0.1) is 0 Å². The van der Waals surface area contributed by atoms with Crippen LogP contribution in [0.25, 0.3) is 0 Å². The molecule has 1 unspecified atom stereocenters. The van der Waals surface area contributed by atoms with Gasteiger partial charge in [0, 0.05) is 12.6 Å². The number of hydrogen-bond acceptors (Lipinski definition) is 5. The number of rotatable bonds is 7. The van der Waals surface area contributed by atoms with E-state index in [1.165, 1.54) is 32.4 Å². The molecule has 0 saturated heterocycles. The Balaban J connectivity index is 2.23. The van der Waals surface area contributed by atoms with Gasteiger partial charge in [0.2, 0.25) is 10.0 Å². The number of hydrogen-bond donors (Lipinski definition) is 2. The molecule has 1 atom stereocenters. The molecule has 0 aliphatic rings. The van der Waals surface area contributed by atoms with Crippen LogP contribution in [0.1, 0.15) is 12.5 Å².